The summed E-state index contributed by atoms with van der Waals surface area (Å²) in [7, 11) is -2.15. The number of hydrogen-bond acceptors (Lipinski definition) is 2. The molecule has 3 heteroatoms. The van der Waals surface area contributed by atoms with E-state index in [0.29, 0.717) is 6.61 Å². The first-order valence-corrected chi connectivity index (χ1v) is 14.1. The molecule has 32 heavy (non-hydrogen) atoms. The second-order valence-electron chi connectivity index (χ2n) is 9.17. The first-order chi connectivity index (χ1) is 15.5. The molecule has 0 radical (unpaired) electrons. The molecule has 0 bridgehead atoms. The first kappa shape index (κ1) is 24.2. The van der Waals surface area contributed by atoms with Crippen LogP contribution in [0.15, 0.2) is 91.0 Å². The van der Waals surface area contributed by atoms with Crippen molar-refractivity contribution < 1.29 is 9.53 Å². The zero-order chi connectivity index (χ0) is 22.9. The fraction of sp³-hybridized carbons (Fsp3) is 0.345. The van der Waals surface area contributed by atoms with Crippen LogP contribution in [0.25, 0.3) is 0 Å². The Hall–Kier alpha value is -2.44. The number of unbranched alkanes of at least 4 members (excludes halogenated alkanes) is 2. The second kappa shape index (κ2) is 11.4. The van der Waals surface area contributed by atoms with Gasteiger partial charge in [-0.1, -0.05) is 0 Å². The fourth-order valence-electron chi connectivity index (χ4n) is 4.66. The fourth-order valence-corrected chi connectivity index (χ4v) is 9.59. The van der Waals surface area contributed by atoms with Gasteiger partial charge >= 0.3 is 194 Å². The van der Waals surface area contributed by atoms with E-state index in [9.17, 15) is 4.79 Å². The molecule has 0 amide bonds. The minimum atomic E-state index is -2.15. The van der Waals surface area contributed by atoms with Crippen molar-refractivity contribution >= 4 is 29.1 Å². The topological polar surface area (TPSA) is 26.3 Å². The van der Waals surface area contributed by atoms with Gasteiger partial charge < -0.3 is 0 Å². The Balaban J connectivity index is 1.84. The van der Waals surface area contributed by atoms with Crippen molar-refractivity contribution in [3.63, 3.8) is 0 Å². The maximum atomic E-state index is 12.2. The van der Waals surface area contributed by atoms with Crippen molar-refractivity contribution in [2.75, 3.05) is 12.8 Å². The molecule has 2 nitrogen and oxygen atoms in total. The van der Waals surface area contributed by atoms with Crippen LogP contribution in [0.4, 0.5) is 0 Å². The van der Waals surface area contributed by atoms with E-state index >= 15 is 0 Å². The SMILES string of the molecule is CCOC(=O)C(C)(C)CCCCC[PH](c1ccccc1)(c1ccccc1)c1ccccc1. The van der Waals surface area contributed by atoms with Crippen LogP contribution >= 0.6 is 7.26 Å². The molecule has 0 aliphatic carbocycles. The van der Waals surface area contributed by atoms with Crippen LogP contribution in [-0.4, -0.2) is 18.7 Å². The van der Waals surface area contributed by atoms with Crippen LogP contribution in [0.3, 0.4) is 0 Å². The molecule has 0 spiro atoms. The summed E-state index contributed by atoms with van der Waals surface area (Å²) in [6.45, 7) is 6.32. The molecular weight excluding hydrogens is 411 g/mol. The van der Waals surface area contributed by atoms with E-state index in [2.05, 4.69) is 91.0 Å². The number of ether oxygens (including phenoxy) is 1. The van der Waals surface area contributed by atoms with Gasteiger partial charge in [0, 0.05) is 0 Å². The Morgan fingerprint density at radius 3 is 1.56 bits per heavy atom. The molecule has 0 aliphatic rings. The Kier molecular flexibility index (Phi) is 8.65. The summed E-state index contributed by atoms with van der Waals surface area (Å²) in [5.41, 5.74) is -0.414. The zero-order valence-electron chi connectivity index (χ0n) is 19.7. The third-order valence-corrected chi connectivity index (χ3v) is 11.5. The molecule has 0 unspecified atom stereocenters. The van der Waals surface area contributed by atoms with Crippen LogP contribution in [-0.2, 0) is 9.53 Å². The summed E-state index contributed by atoms with van der Waals surface area (Å²) in [5, 5.41) is 4.39. The number of carbonyl (C=O) groups is 1. The number of benzene rings is 3. The summed E-state index contributed by atoms with van der Waals surface area (Å²) in [5.74, 6) is -0.0819. The van der Waals surface area contributed by atoms with E-state index in [1.165, 1.54) is 15.9 Å². The molecule has 0 aliphatic heterocycles. The van der Waals surface area contributed by atoms with Gasteiger partial charge in [-0.3, -0.25) is 0 Å². The second-order valence-corrected chi connectivity index (χ2v) is 13.2. The van der Waals surface area contributed by atoms with E-state index in [4.69, 9.17) is 4.74 Å². The van der Waals surface area contributed by atoms with E-state index in [1.807, 2.05) is 20.8 Å². The molecule has 0 saturated carbocycles. The number of rotatable bonds is 11. The summed E-state index contributed by atoms with van der Waals surface area (Å²) < 4.78 is 5.26. The van der Waals surface area contributed by atoms with E-state index in [1.54, 1.807) is 0 Å². The van der Waals surface area contributed by atoms with Gasteiger partial charge in [-0.2, -0.15) is 0 Å². The van der Waals surface area contributed by atoms with Gasteiger partial charge in [-0.05, 0) is 0 Å². The van der Waals surface area contributed by atoms with Gasteiger partial charge in [0.2, 0.25) is 0 Å². The van der Waals surface area contributed by atoms with Crippen molar-refractivity contribution in [2.24, 2.45) is 5.41 Å². The predicted octanol–water partition coefficient (Wildman–Crippen LogP) is 5.86. The summed E-state index contributed by atoms with van der Waals surface area (Å²) in [6.07, 6.45) is 5.32. The number of carbonyl (C=O) groups excluding carboxylic acids is 1. The van der Waals surface area contributed by atoms with Gasteiger partial charge in [0.15, 0.2) is 0 Å². The Bertz CT molecular complexity index is 856. The normalized spacial score (nSPS) is 12.3. The predicted molar refractivity (Wildman–Crippen MR) is 140 cm³/mol. The van der Waals surface area contributed by atoms with Crippen LogP contribution in [0.5, 0.6) is 0 Å². The molecule has 0 aromatic heterocycles. The van der Waals surface area contributed by atoms with Gasteiger partial charge in [0.1, 0.15) is 0 Å². The average Bonchev–Trinajstić information content (AvgIpc) is 2.83. The molecule has 3 aromatic rings. The van der Waals surface area contributed by atoms with E-state index in [0.717, 1.165) is 31.8 Å². The Morgan fingerprint density at radius 2 is 1.16 bits per heavy atom. The molecular formula is C29H37O2P. The van der Waals surface area contributed by atoms with Crippen LogP contribution in [0.2, 0.25) is 0 Å². The summed E-state index contributed by atoms with van der Waals surface area (Å²) in [6, 6.07) is 33.2. The van der Waals surface area contributed by atoms with Gasteiger partial charge in [-0.25, -0.2) is 0 Å². The minimum absolute atomic E-state index is 0.0819. The van der Waals surface area contributed by atoms with Gasteiger partial charge in [0.05, 0.1) is 0 Å². The molecule has 0 atom stereocenters. The number of esters is 1. The number of hydrogen-bond donors (Lipinski definition) is 0. The first-order valence-electron chi connectivity index (χ1n) is 11.8. The van der Waals surface area contributed by atoms with Crippen LogP contribution in [0.1, 0.15) is 46.5 Å². The maximum absolute atomic E-state index is 12.2. The van der Waals surface area contributed by atoms with Crippen LogP contribution < -0.4 is 15.9 Å². The van der Waals surface area contributed by atoms with Crippen molar-refractivity contribution in [1.82, 2.24) is 0 Å². The third kappa shape index (κ3) is 5.67. The van der Waals surface area contributed by atoms with Gasteiger partial charge in [0.25, 0.3) is 0 Å². The van der Waals surface area contributed by atoms with Crippen molar-refractivity contribution in [3.8, 4) is 0 Å². The molecule has 3 aromatic carbocycles. The molecule has 0 fully saturated rings. The molecule has 0 N–H and O–H groups in total. The Labute approximate surface area is 194 Å². The molecule has 0 saturated heterocycles. The molecule has 3 rings (SSSR count). The Morgan fingerprint density at radius 1 is 0.719 bits per heavy atom. The standard InChI is InChI=1S/C29H37O2P/c1-4-31-28(30)29(2,3)23-15-8-16-24-32(25-17-9-5-10-18-25,26-19-11-6-12-20-26)27-21-13-7-14-22-27/h5-7,9-14,17-22,32H,4,8,15-16,23-24H2,1-3H3. The molecule has 170 valence electrons. The van der Waals surface area contributed by atoms with Crippen LogP contribution in [0, 0.1) is 5.41 Å². The van der Waals surface area contributed by atoms with Crippen molar-refractivity contribution in [1.29, 1.82) is 0 Å². The van der Waals surface area contributed by atoms with E-state index < -0.39 is 12.7 Å². The van der Waals surface area contributed by atoms with Crippen molar-refractivity contribution in [3.05, 3.63) is 91.0 Å². The zero-order valence-corrected chi connectivity index (χ0v) is 20.7. The monoisotopic (exact) mass is 448 g/mol. The molecule has 0 heterocycles. The van der Waals surface area contributed by atoms with Crippen molar-refractivity contribution in [2.45, 2.75) is 46.5 Å². The summed E-state index contributed by atoms with van der Waals surface area (Å²) in [4.78, 5) is 12.2. The van der Waals surface area contributed by atoms with E-state index in [-0.39, 0.29) is 5.97 Å². The van der Waals surface area contributed by atoms with Gasteiger partial charge in [-0.15, -0.1) is 0 Å². The average molecular weight is 449 g/mol. The third-order valence-electron chi connectivity index (χ3n) is 6.48. The quantitative estimate of drug-likeness (QED) is 0.209. The summed E-state index contributed by atoms with van der Waals surface area (Å²) >= 11 is 0.